The first-order valence-corrected chi connectivity index (χ1v) is 17.2. The molecule has 2 aliphatic carbocycles. The average molecular weight is 493 g/mol. The minimum Gasteiger partial charge on any atom is -0.321 e. The first-order chi connectivity index (χ1) is 16.2. The minimum absolute atomic E-state index is 0.149. The largest absolute Gasteiger partial charge is 0.321 e. The Bertz CT molecular complexity index is 934. The second kappa shape index (κ2) is 9.61. The van der Waals surface area contributed by atoms with Crippen LogP contribution in [0.3, 0.4) is 0 Å². The Morgan fingerprint density at radius 1 is 0.914 bits per heavy atom. The van der Waals surface area contributed by atoms with E-state index >= 15 is 0 Å². The summed E-state index contributed by atoms with van der Waals surface area (Å²) in [5, 5.41) is 3.59. The third-order valence-corrected chi connectivity index (χ3v) is 14.0. The fraction of sp³-hybridized carbons (Fsp3) is 0.688. The molecule has 4 unspecified atom stereocenters. The summed E-state index contributed by atoms with van der Waals surface area (Å²) in [6.45, 7) is 29.3. The number of fused-ring (bicyclic) bond motifs is 1. The van der Waals surface area contributed by atoms with Gasteiger partial charge in [-0.15, -0.1) is 0 Å². The lowest BCUT2D eigenvalue weighted by Crippen LogP contribution is -2.60. The lowest BCUT2D eigenvalue weighted by molar-refractivity contribution is 0.320. The quantitative estimate of drug-likeness (QED) is 0.435. The molecular formula is C32H52N2Si. The maximum atomic E-state index is 3.59. The molecule has 1 aliphatic heterocycles. The SMILES string of the molecule is CC(C)C1CC2C(c3cc(C(C)(C)C)cc(C(C)(C)C)c3)=CC=CC2C1[Si](C)(C)N1CCNCC1. The topological polar surface area (TPSA) is 15.3 Å². The van der Waals surface area contributed by atoms with E-state index in [9.17, 15) is 0 Å². The maximum Gasteiger partial charge on any atom is 0.126 e. The van der Waals surface area contributed by atoms with Gasteiger partial charge in [0, 0.05) is 26.2 Å². The van der Waals surface area contributed by atoms with Gasteiger partial charge in [-0.05, 0) is 68.7 Å². The summed E-state index contributed by atoms with van der Waals surface area (Å²) in [6.07, 6.45) is 8.83. The number of rotatable bonds is 4. The molecule has 2 fully saturated rings. The van der Waals surface area contributed by atoms with Gasteiger partial charge in [-0.25, -0.2) is 0 Å². The Hall–Kier alpha value is -1.16. The highest BCUT2D eigenvalue weighted by molar-refractivity contribution is 6.76. The van der Waals surface area contributed by atoms with Crippen LogP contribution in [-0.4, -0.2) is 39.0 Å². The highest BCUT2D eigenvalue weighted by Crippen LogP contribution is 2.59. The Morgan fingerprint density at radius 3 is 2.00 bits per heavy atom. The third kappa shape index (κ3) is 5.29. The van der Waals surface area contributed by atoms with Crippen LogP contribution in [0, 0.1) is 23.7 Å². The van der Waals surface area contributed by atoms with Crippen molar-refractivity contribution in [3.63, 3.8) is 0 Å². The van der Waals surface area contributed by atoms with Crippen molar-refractivity contribution < 1.29 is 0 Å². The molecule has 0 spiro atoms. The number of hydrogen-bond donors (Lipinski definition) is 1. The van der Waals surface area contributed by atoms with Gasteiger partial charge in [0.2, 0.25) is 0 Å². The van der Waals surface area contributed by atoms with Gasteiger partial charge >= 0.3 is 0 Å². The van der Waals surface area contributed by atoms with Gasteiger partial charge in [-0.3, -0.25) is 0 Å². The van der Waals surface area contributed by atoms with E-state index < -0.39 is 8.24 Å². The Morgan fingerprint density at radius 2 is 1.49 bits per heavy atom. The summed E-state index contributed by atoms with van der Waals surface area (Å²) in [5.74, 6) is 2.87. The van der Waals surface area contributed by atoms with Gasteiger partial charge in [-0.2, -0.15) is 0 Å². The lowest BCUT2D eigenvalue weighted by atomic mass is 9.75. The van der Waals surface area contributed by atoms with Crippen molar-refractivity contribution in [3.05, 3.63) is 53.1 Å². The van der Waals surface area contributed by atoms with Crippen LogP contribution in [-0.2, 0) is 10.8 Å². The Balaban J connectivity index is 1.76. The monoisotopic (exact) mass is 492 g/mol. The minimum atomic E-state index is -1.60. The van der Waals surface area contributed by atoms with E-state index in [1.165, 1.54) is 36.2 Å². The molecule has 4 atom stereocenters. The summed E-state index contributed by atoms with van der Waals surface area (Å²) in [7, 11) is -1.60. The van der Waals surface area contributed by atoms with Crippen molar-refractivity contribution in [2.75, 3.05) is 26.2 Å². The normalized spacial score (nSPS) is 28.4. The number of hydrogen-bond acceptors (Lipinski definition) is 2. The molecule has 1 saturated carbocycles. The van der Waals surface area contributed by atoms with E-state index in [1.54, 1.807) is 5.57 Å². The number of nitrogens with zero attached hydrogens (tertiary/aromatic N) is 1. The van der Waals surface area contributed by atoms with Crippen LogP contribution in [0.1, 0.15) is 78.5 Å². The van der Waals surface area contributed by atoms with Gasteiger partial charge in [-0.1, -0.05) is 105 Å². The fourth-order valence-electron chi connectivity index (χ4n) is 7.24. The standard InChI is InChI=1S/C32H52N2Si/c1-22(2)28-21-29-26(23-18-24(31(3,4)5)20-25(19-23)32(6,7)8)12-11-13-27(29)30(28)35(9,10)34-16-14-33-15-17-34/h11-13,18-20,22,27-30,33H,14-17,21H2,1-10H3. The van der Waals surface area contributed by atoms with Gasteiger partial charge in [0.1, 0.15) is 8.24 Å². The zero-order valence-electron chi connectivity index (χ0n) is 24.3. The van der Waals surface area contributed by atoms with E-state index in [-0.39, 0.29) is 10.8 Å². The molecule has 0 radical (unpaired) electrons. The zero-order valence-corrected chi connectivity index (χ0v) is 25.3. The molecule has 2 nitrogen and oxygen atoms in total. The average Bonchev–Trinajstić information content (AvgIpc) is 3.19. The zero-order chi connectivity index (χ0) is 25.8. The molecule has 3 aliphatic rings. The highest BCUT2D eigenvalue weighted by atomic mass is 28.3. The smallest absolute Gasteiger partial charge is 0.126 e. The Labute approximate surface area is 217 Å². The number of nitrogens with one attached hydrogen (secondary N) is 1. The van der Waals surface area contributed by atoms with Crippen molar-refractivity contribution in [2.45, 2.75) is 91.3 Å². The van der Waals surface area contributed by atoms with Crippen LogP contribution in [0.2, 0.25) is 18.6 Å². The predicted molar refractivity (Wildman–Crippen MR) is 157 cm³/mol. The van der Waals surface area contributed by atoms with E-state index in [2.05, 4.69) is 115 Å². The first kappa shape index (κ1) is 26.9. The molecule has 1 aromatic rings. The summed E-state index contributed by atoms with van der Waals surface area (Å²) in [6, 6.07) is 7.51. The van der Waals surface area contributed by atoms with Crippen molar-refractivity contribution >= 4 is 13.8 Å². The van der Waals surface area contributed by atoms with Gasteiger partial charge in [0.25, 0.3) is 0 Å². The molecule has 3 heteroatoms. The second-order valence-corrected chi connectivity index (χ2v) is 19.2. The predicted octanol–water partition coefficient (Wildman–Crippen LogP) is 7.62. The van der Waals surface area contributed by atoms with Crippen molar-refractivity contribution in [2.24, 2.45) is 23.7 Å². The van der Waals surface area contributed by atoms with Crippen molar-refractivity contribution in [3.8, 4) is 0 Å². The maximum absolute atomic E-state index is 3.59. The molecule has 0 amide bonds. The van der Waals surface area contributed by atoms with Crippen LogP contribution in [0.5, 0.6) is 0 Å². The molecule has 1 saturated heterocycles. The fourth-order valence-corrected chi connectivity index (χ4v) is 11.9. The molecular weight excluding hydrogens is 440 g/mol. The van der Waals surface area contributed by atoms with E-state index in [4.69, 9.17) is 0 Å². The van der Waals surface area contributed by atoms with Crippen LogP contribution in [0.15, 0.2) is 36.4 Å². The Kier molecular flexibility index (Phi) is 7.39. The lowest BCUT2D eigenvalue weighted by Gasteiger charge is -2.48. The van der Waals surface area contributed by atoms with E-state index in [0.29, 0.717) is 11.8 Å². The summed E-state index contributed by atoms with van der Waals surface area (Å²) in [4.78, 5) is 0. The van der Waals surface area contributed by atoms with E-state index in [0.717, 1.165) is 30.5 Å². The third-order valence-electron chi connectivity index (χ3n) is 9.48. The second-order valence-electron chi connectivity index (χ2n) is 14.5. The van der Waals surface area contributed by atoms with Crippen molar-refractivity contribution in [1.29, 1.82) is 0 Å². The molecule has 35 heavy (non-hydrogen) atoms. The van der Waals surface area contributed by atoms with E-state index in [1.807, 2.05) is 0 Å². The van der Waals surface area contributed by atoms with Crippen molar-refractivity contribution in [1.82, 2.24) is 9.88 Å². The number of benzene rings is 1. The summed E-state index contributed by atoms with van der Waals surface area (Å²) >= 11 is 0. The molecule has 0 aromatic heterocycles. The summed E-state index contributed by atoms with van der Waals surface area (Å²) < 4.78 is 2.93. The summed E-state index contributed by atoms with van der Waals surface area (Å²) in [5.41, 5.74) is 7.14. The molecule has 1 aromatic carbocycles. The van der Waals surface area contributed by atoms with Crippen LogP contribution >= 0.6 is 0 Å². The van der Waals surface area contributed by atoms with Crippen LogP contribution < -0.4 is 5.32 Å². The van der Waals surface area contributed by atoms with Gasteiger partial charge in [0.05, 0.1) is 0 Å². The van der Waals surface area contributed by atoms with Gasteiger partial charge < -0.3 is 9.88 Å². The van der Waals surface area contributed by atoms with Crippen LogP contribution in [0.25, 0.3) is 5.57 Å². The van der Waals surface area contributed by atoms with Gasteiger partial charge in [0.15, 0.2) is 0 Å². The van der Waals surface area contributed by atoms with Crippen LogP contribution in [0.4, 0.5) is 0 Å². The molecule has 4 rings (SSSR count). The number of piperazine rings is 1. The molecule has 0 bridgehead atoms. The number of allylic oxidation sites excluding steroid dienone is 4. The molecule has 1 heterocycles. The highest BCUT2D eigenvalue weighted by Gasteiger charge is 2.54. The molecule has 194 valence electrons. The molecule has 1 N–H and O–H groups in total. The first-order valence-electron chi connectivity index (χ1n) is 14.2.